The summed E-state index contributed by atoms with van der Waals surface area (Å²) in [5.41, 5.74) is 0.508. The molecule has 92 valence electrons. The summed E-state index contributed by atoms with van der Waals surface area (Å²) in [5.74, 6) is -0.486. The van der Waals surface area contributed by atoms with Crippen LogP contribution in [0, 0.1) is 0 Å². The Hall–Kier alpha value is -2.36. The fourth-order valence-corrected chi connectivity index (χ4v) is 1.98. The lowest BCUT2D eigenvalue weighted by Gasteiger charge is -2.17. The van der Waals surface area contributed by atoms with Gasteiger partial charge in [-0.3, -0.25) is 14.5 Å². The molecule has 0 heterocycles. The van der Waals surface area contributed by atoms with Gasteiger partial charge < -0.3 is 5.11 Å². The van der Waals surface area contributed by atoms with Crippen molar-refractivity contribution in [3.05, 3.63) is 36.4 Å². The van der Waals surface area contributed by atoms with Crippen LogP contribution >= 0.6 is 0 Å². The highest BCUT2D eigenvalue weighted by atomic mass is 16.3. The van der Waals surface area contributed by atoms with Crippen molar-refractivity contribution < 1.29 is 14.7 Å². The van der Waals surface area contributed by atoms with E-state index in [2.05, 4.69) is 0 Å². The number of hydrogen-bond acceptors (Lipinski definition) is 3. The van der Waals surface area contributed by atoms with Crippen LogP contribution in [0.2, 0.25) is 0 Å². The van der Waals surface area contributed by atoms with Crippen LogP contribution in [0.15, 0.2) is 36.4 Å². The predicted molar refractivity (Wildman–Crippen MR) is 69.5 cm³/mol. The van der Waals surface area contributed by atoms with Crippen LogP contribution in [0.5, 0.6) is 5.75 Å². The first-order chi connectivity index (χ1) is 8.50. The van der Waals surface area contributed by atoms with E-state index in [9.17, 15) is 14.7 Å². The summed E-state index contributed by atoms with van der Waals surface area (Å²) in [5, 5.41) is 11.1. The maximum atomic E-state index is 11.4. The van der Waals surface area contributed by atoms with E-state index >= 15 is 0 Å². The molecule has 0 atom stereocenters. The lowest BCUT2D eigenvalue weighted by molar-refractivity contribution is -0.124. The molecule has 0 aliphatic rings. The topological polar surface area (TPSA) is 57.6 Å². The van der Waals surface area contributed by atoms with Crippen LogP contribution in [-0.2, 0) is 9.59 Å². The number of benzene rings is 2. The standard InChI is InChI=1S/C14H13NO3/c1-9(16)15(10(2)17)12-6-7-13-11(8-12)4-3-5-14(13)18/h3-8,18H,1-2H3. The van der Waals surface area contributed by atoms with Gasteiger partial charge in [-0.1, -0.05) is 12.1 Å². The van der Waals surface area contributed by atoms with Crippen molar-refractivity contribution in [1.82, 2.24) is 0 Å². The molecule has 0 aliphatic heterocycles. The molecule has 0 aromatic heterocycles. The lowest BCUT2D eigenvalue weighted by Crippen LogP contribution is -2.32. The number of anilines is 1. The molecule has 2 aromatic carbocycles. The van der Waals surface area contributed by atoms with Crippen molar-refractivity contribution in [1.29, 1.82) is 0 Å². The number of carbonyl (C=O) groups is 2. The second-order valence-electron chi connectivity index (χ2n) is 4.06. The molecule has 4 heteroatoms. The minimum atomic E-state index is -0.331. The number of hydrogen-bond donors (Lipinski definition) is 1. The quantitative estimate of drug-likeness (QED) is 0.836. The van der Waals surface area contributed by atoms with Gasteiger partial charge in [-0.25, -0.2) is 0 Å². The summed E-state index contributed by atoms with van der Waals surface area (Å²) in [7, 11) is 0. The zero-order valence-electron chi connectivity index (χ0n) is 10.2. The molecule has 0 saturated carbocycles. The number of amides is 2. The molecule has 4 nitrogen and oxygen atoms in total. The fourth-order valence-electron chi connectivity index (χ4n) is 1.98. The van der Waals surface area contributed by atoms with Gasteiger partial charge >= 0.3 is 0 Å². The van der Waals surface area contributed by atoms with Gasteiger partial charge in [0.05, 0.1) is 5.69 Å². The van der Waals surface area contributed by atoms with E-state index in [1.807, 2.05) is 6.07 Å². The molecule has 1 N–H and O–H groups in total. The molecule has 2 rings (SSSR count). The van der Waals surface area contributed by atoms with Gasteiger partial charge in [0.15, 0.2) is 0 Å². The van der Waals surface area contributed by atoms with Gasteiger partial charge in [0, 0.05) is 19.2 Å². The summed E-state index contributed by atoms with van der Waals surface area (Å²) < 4.78 is 0. The van der Waals surface area contributed by atoms with E-state index in [1.165, 1.54) is 13.8 Å². The SMILES string of the molecule is CC(=O)N(C(C)=O)c1ccc2c(O)cccc2c1. The van der Waals surface area contributed by atoms with Crippen LogP contribution in [0.25, 0.3) is 10.8 Å². The summed E-state index contributed by atoms with van der Waals surface area (Å²) in [6, 6.07) is 10.2. The van der Waals surface area contributed by atoms with Crippen LogP contribution in [0.1, 0.15) is 13.8 Å². The van der Waals surface area contributed by atoms with E-state index in [0.29, 0.717) is 11.1 Å². The zero-order chi connectivity index (χ0) is 13.3. The fraction of sp³-hybridized carbons (Fsp3) is 0.143. The molecule has 0 radical (unpaired) electrons. The first-order valence-corrected chi connectivity index (χ1v) is 5.53. The third-order valence-electron chi connectivity index (χ3n) is 2.73. The molecule has 2 amide bonds. The Kier molecular flexibility index (Phi) is 3.02. The van der Waals surface area contributed by atoms with E-state index in [-0.39, 0.29) is 17.6 Å². The molecular formula is C14H13NO3. The summed E-state index contributed by atoms with van der Waals surface area (Å²) >= 11 is 0. The highest BCUT2D eigenvalue weighted by Crippen LogP contribution is 2.28. The van der Waals surface area contributed by atoms with E-state index < -0.39 is 0 Å². The maximum absolute atomic E-state index is 11.4. The number of aromatic hydroxyl groups is 1. The summed E-state index contributed by atoms with van der Waals surface area (Å²) in [6.45, 7) is 2.68. The van der Waals surface area contributed by atoms with Crippen molar-refractivity contribution in [2.45, 2.75) is 13.8 Å². The average molecular weight is 243 g/mol. The van der Waals surface area contributed by atoms with Gasteiger partial charge in [-0.05, 0) is 29.7 Å². The normalized spacial score (nSPS) is 10.3. The summed E-state index contributed by atoms with van der Waals surface area (Å²) in [4.78, 5) is 24.0. The second-order valence-corrected chi connectivity index (χ2v) is 4.06. The van der Waals surface area contributed by atoms with Crippen molar-refractivity contribution in [2.24, 2.45) is 0 Å². The third kappa shape index (κ3) is 2.05. The van der Waals surface area contributed by atoms with Crippen LogP contribution in [-0.4, -0.2) is 16.9 Å². The van der Waals surface area contributed by atoms with Gasteiger partial charge in [0.25, 0.3) is 0 Å². The molecule has 0 spiro atoms. The van der Waals surface area contributed by atoms with Crippen LogP contribution in [0.4, 0.5) is 5.69 Å². The average Bonchev–Trinajstić information content (AvgIpc) is 2.28. The molecule has 18 heavy (non-hydrogen) atoms. The van der Waals surface area contributed by atoms with Gasteiger partial charge in [0.2, 0.25) is 11.8 Å². The number of rotatable bonds is 1. The Morgan fingerprint density at radius 2 is 1.72 bits per heavy atom. The van der Waals surface area contributed by atoms with Gasteiger partial charge in [-0.2, -0.15) is 0 Å². The molecule has 2 aromatic rings. The van der Waals surface area contributed by atoms with Crippen molar-refractivity contribution in [2.75, 3.05) is 4.90 Å². The second kappa shape index (κ2) is 4.49. The van der Waals surface area contributed by atoms with Crippen molar-refractivity contribution in [3.63, 3.8) is 0 Å². The molecule has 0 fully saturated rings. The Balaban J connectivity index is 2.59. The third-order valence-corrected chi connectivity index (χ3v) is 2.73. The Bertz CT molecular complexity index is 620. The number of nitrogens with zero attached hydrogens (tertiary/aromatic N) is 1. The first kappa shape index (κ1) is 12.1. The highest BCUT2D eigenvalue weighted by Gasteiger charge is 2.16. The predicted octanol–water partition coefficient (Wildman–Crippen LogP) is 2.44. The lowest BCUT2D eigenvalue weighted by atomic mass is 10.1. The monoisotopic (exact) mass is 243 g/mol. The van der Waals surface area contributed by atoms with Crippen LogP contribution < -0.4 is 4.90 Å². The highest BCUT2D eigenvalue weighted by molar-refractivity contribution is 6.14. The Morgan fingerprint density at radius 1 is 1.06 bits per heavy atom. The van der Waals surface area contributed by atoms with E-state index in [4.69, 9.17) is 0 Å². The molecule has 0 saturated heterocycles. The molecule has 0 bridgehead atoms. The first-order valence-electron chi connectivity index (χ1n) is 5.53. The van der Waals surface area contributed by atoms with E-state index in [0.717, 1.165) is 10.3 Å². The van der Waals surface area contributed by atoms with Gasteiger partial charge in [0.1, 0.15) is 5.75 Å². The zero-order valence-corrected chi connectivity index (χ0v) is 10.2. The molecule has 0 unspecified atom stereocenters. The Morgan fingerprint density at radius 3 is 2.33 bits per heavy atom. The summed E-state index contributed by atoms with van der Waals surface area (Å²) in [6.07, 6.45) is 0. The minimum absolute atomic E-state index is 0.177. The minimum Gasteiger partial charge on any atom is -0.507 e. The molecule has 0 aliphatic carbocycles. The largest absolute Gasteiger partial charge is 0.507 e. The number of phenols is 1. The number of carbonyl (C=O) groups excluding carboxylic acids is 2. The van der Waals surface area contributed by atoms with Crippen LogP contribution in [0.3, 0.4) is 0 Å². The van der Waals surface area contributed by atoms with Crippen molar-refractivity contribution in [3.8, 4) is 5.75 Å². The van der Waals surface area contributed by atoms with E-state index in [1.54, 1.807) is 30.3 Å². The molecular weight excluding hydrogens is 230 g/mol. The smallest absolute Gasteiger partial charge is 0.230 e. The number of fused-ring (bicyclic) bond motifs is 1. The number of phenolic OH excluding ortho intramolecular Hbond substituents is 1. The van der Waals surface area contributed by atoms with Gasteiger partial charge in [-0.15, -0.1) is 0 Å². The maximum Gasteiger partial charge on any atom is 0.230 e. The Labute approximate surface area is 104 Å². The number of imide groups is 1. The van der Waals surface area contributed by atoms with Crippen molar-refractivity contribution >= 4 is 28.3 Å².